The van der Waals surface area contributed by atoms with Crippen LogP contribution < -0.4 is 5.32 Å². The van der Waals surface area contributed by atoms with Crippen molar-refractivity contribution < 1.29 is 0 Å². The number of rotatable bonds is 5. The van der Waals surface area contributed by atoms with E-state index in [4.69, 9.17) is 0 Å². The molecule has 0 fully saturated rings. The fourth-order valence-corrected chi connectivity index (χ4v) is 2.85. The molecule has 0 unspecified atom stereocenters. The van der Waals surface area contributed by atoms with Crippen LogP contribution in [-0.4, -0.2) is 21.4 Å². The van der Waals surface area contributed by atoms with Gasteiger partial charge in [0.1, 0.15) is 0 Å². The standard InChI is InChI=1S/C17H22N4/c1-4-14-9-15(20(3)19-14)12-21-11-13(10-18-2)16-7-5-6-8-17(16)21/h5-9,11,18H,4,10,12H2,1-3H3. The fourth-order valence-electron chi connectivity index (χ4n) is 2.85. The number of nitrogens with one attached hydrogen (secondary N) is 1. The van der Waals surface area contributed by atoms with E-state index in [1.807, 2.05) is 18.8 Å². The Bertz CT molecular complexity index is 751. The lowest BCUT2D eigenvalue weighted by molar-refractivity contribution is 0.668. The zero-order valence-corrected chi connectivity index (χ0v) is 12.9. The third kappa shape index (κ3) is 2.59. The molecule has 0 amide bonds. The third-order valence-corrected chi connectivity index (χ3v) is 3.96. The second kappa shape index (κ2) is 5.74. The zero-order valence-electron chi connectivity index (χ0n) is 12.9. The number of para-hydroxylation sites is 1. The summed E-state index contributed by atoms with van der Waals surface area (Å²) in [5, 5.41) is 9.11. The normalized spacial score (nSPS) is 11.4. The van der Waals surface area contributed by atoms with Gasteiger partial charge >= 0.3 is 0 Å². The summed E-state index contributed by atoms with van der Waals surface area (Å²) in [6.07, 6.45) is 3.23. The minimum absolute atomic E-state index is 0.855. The maximum Gasteiger partial charge on any atom is 0.0645 e. The van der Waals surface area contributed by atoms with Crippen molar-refractivity contribution in [2.45, 2.75) is 26.4 Å². The van der Waals surface area contributed by atoms with Crippen molar-refractivity contribution in [3.8, 4) is 0 Å². The van der Waals surface area contributed by atoms with Gasteiger partial charge in [-0.2, -0.15) is 5.10 Å². The summed E-state index contributed by atoms with van der Waals surface area (Å²) in [4.78, 5) is 0. The first-order valence-electron chi connectivity index (χ1n) is 7.46. The highest BCUT2D eigenvalue weighted by Gasteiger charge is 2.10. The molecule has 21 heavy (non-hydrogen) atoms. The molecule has 3 rings (SSSR count). The largest absolute Gasteiger partial charge is 0.341 e. The highest BCUT2D eigenvalue weighted by atomic mass is 15.3. The summed E-state index contributed by atoms with van der Waals surface area (Å²) < 4.78 is 4.31. The Labute approximate surface area is 125 Å². The molecule has 3 aromatic rings. The number of aromatic nitrogens is 3. The Morgan fingerprint density at radius 3 is 2.76 bits per heavy atom. The van der Waals surface area contributed by atoms with Crippen molar-refractivity contribution >= 4 is 10.9 Å². The molecule has 2 heterocycles. The lowest BCUT2D eigenvalue weighted by Crippen LogP contribution is -2.06. The summed E-state index contributed by atoms with van der Waals surface area (Å²) in [5.41, 5.74) is 5.01. The maximum atomic E-state index is 4.54. The van der Waals surface area contributed by atoms with Gasteiger partial charge in [-0.25, -0.2) is 0 Å². The van der Waals surface area contributed by atoms with Crippen LogP contribution >= 0.6 is 0 Å². The predicted molar refractivity (Wildman–Crippen MR) is 86.4 cm³/mol. The smallest absolute Gasteiger partial charge is 0.0645 e. The van der Waals surface area contributed by atoms with Crippen molar-refractivity contribution in [3.63, 3.8) is 0 Å². The van der Waals surface area contributed by atoms with Gasteiger partial charge in [-0.05, 0) is 31.2 Å². The number of hydrogen-bond donors (Lipinski definition) is 1. The van der Waals surface area contributed by atoms with Crippen LogP contribution in [0, 0.1) is 0 Å². The molecule has 0 aliphatic heterocycles. The molecular weight excluding hydrogens is 260 g/mol. The molecule has 0 radical (unpaired) electrons. The van der Waals surface area contributed by atoms with Gasteiger partial charge in [0, 0.05) is 30.7 Å². The van der Waals surface area contributed by atoms with Gasteiger partial charge < -0.3 is 9.88 Å². The van der Waals surface area contributed by atoms with Gasteiger partial charge in [0.2, 0.25) is 0 Å². The summed E-state index contributed by atoms with van der Waals surface area (Å²) in [6, 6.07) is 10.8. The zero-order chi connectivity index (χ0) is 14.8. The molecule has 1 aromatic carbocycles. The third-order valence-electron chi connectivity index (χ3n) is 3.96. The minimum Gasteiger partial charge on any atom is -0.341 e. The molecule has 1 N–H and O–H groups in total. The lowest BCUT2D eigenvalue weighted by atomic mass is 10.2. The average Bonchev–Trinajstić information content (AvgIpc) is 3.02. The van der Waals surface area contributed by atoms with Crippen molar-refractivity contribution in [2.75, 3.05) is 7.05 Å². The average molecular weight is 282 g/mol. The van der Waals surface area contributed by atoms with E-state index in [0.29, 0.717) is 0 Å². The van der Waals surface area contributed by atoms with E-state index in [1.54, 1.807) is 0 Å². The Hall–Kier alpha value is -2.07. The number of aryl methyl sites for hydroxylation is 2. The van der Waals surface area contributed by atoms with E-state index in [-0.39, 0.29) is 0 Å². The molecule has 110 valence electrons. The van der Waals surface area contributed by atoms with Crippen LogP contribution in [0.5, 0.6) is 0 Å². The van der Waals surface area contributed by atoms with E-state index in [1.165, 1.54) is 22.2 Å². The quantitative estimate of drug-likeness (QED) is 0.781. The Morgan fingerprint density at radius 1 is 1.24 bits per heavy atom. The van der Waals surface area contributed by atoms with E-state index in [0.717, 1.165) is 25.2 Å². The predicted octanol–water partition coefficient (Wildman–Crippen LogP) is 2.70. The first-order chi connectivity index (χ1) is 10.2. The number of hydrogen-bond acceptors (Lipinski definition) is 2. The summed E-state index contributed by atoms with van der Waals surface area (Å²) in [5.74, 6) is 0. The molecule has 4 heteroatoms. The molecule has 0 bridgehead atoms. The number of benzene rings is 1. The molecule has 0 spiro atoms. The van der Waals surface area contributed by atoms with Gasteiger partial charge in [0.05, 0.1) is 17.9 Å². The van der Waals surface area contributed by atoms with Crippen molar-refractivity contribution in [2.24, 2.45) is 7.05 Å². The molecule has 2 aromatic heterocycles. The van der Waals surface area contributed by atoms with E-state index < -0.39 is 0 Å². The summed E-state index contributed by atoms with van der Waals surface area (Å²) in [6.45, 7) is 3.88. The van der Waals surface area contributed by atoms with Crippen LogP contribution in [-0.2, 0) is 26.6 Å². The van der Waals surface area contributed by atoms with Crippen molar-refractivity contribution in [1.82, 2.24) is 19.7 Å². The molecular formula is C17H22N4. The van der Waals surface area contributed by atoms with Gasteiger partial charge in [0.15, 0.2) is 0 Å². The van der Waals surface area contributed by atoms with Gasteiger partial charge in [-0.3, -0.25) is 4.68 Å². The van der Waals surface area contributed by atoms with Gasteiger partial charge in [-0.15, -0.1) is 0 Å². The van der Waals surface area contributed by atoms with Crippen LogP contribution in [0.3, 0.4) is 0 Å². The molecule has 0 aliphatic rings. The Kier molecular flexibility index (Phi) is 3.80. The summed E-state index contributed by atoms with van der Waals surface area (Å²) >= 11 is 0. The molecule has 0 saturated heterocycles. The Morgan fingerprint density at radius 2 is 2.05 bits per heavy atom. The van der Waals surface area contributed by atoms with E-state index in [2.05, 4.69) is 58.4 Å². The molecule has 0 atom stereocenters. The molecule has 0 saturated carbocycles. The second-order valence-corrected chi connectivity index (χ2v) is 5.43. The first-order valence-corrected chi connectivity index (χ1v) is 7.46. The van der Waals surface area contributed by atoms with Crippen molar-refractivity contribution in [1.29, 1.82) is 0 Å². The van der Waals surface area contributed by atoms with Gasteiger partial charge in [0.25, 0.3) is 0 Å². The highest BCUT2D eigenvalue weighted by molar-refractivity contribution is 5.84. The maximum absolute atomic E-state index is 4.54. The molecule has 4 nitrogen and oxygen atoms in total. The van der Waals surface area contributed by atoms with Crippen LogP contribution in [0.25, 0.3) is 10.9 Å². The number of nitrogens with zero attached hydrogens (tertiary/aromatic N) is 3. The lowest BCUT2D eigenvalue weighted by Gasteiger charge is -2.05. The second-order valence-electron chi connectivity index (χ2n) is 5.43. The SMILES string of the molecule is CCc1cc(Cn2cc(CNC)c3ccccc32)n(C)n1. The topological polar surface area (TPSA) is 34.8 Å². The van der Waals surface area contributed by atoms with E-state index in [9.17, 15) is 0 Å². The van der Waals surface area contributed by atoms with Crippen LogP contribution in [0.4, 0.5) is 0 Å². The first kappa shape index (κ1) is 13.9. The fraction of sp³-hybridized carbons (Fsp3) is 0.353. The van der Waals surface area contributed by atoms with Crippen molar-refractivity contribution in [3.05, 3.63) is 53.5 Å². The van der Waals surface area contributed by atoms with Crippen LogP contribution in [0.2, 0.25) is 0 Å². The highest BCUT2D eigenvalue weighted by Crippen LogP contribution is 2.22. The van der Waals surface area contributed by atoms with E-state index >= 15 is 0 Å². The van der Waals surface area contributed by atoms with Gasteiger partial charge in [-0.1, -0.05) is 25.1 Å². The monoisotopic (exact) mass is 282 g/mol. The minimum atomic E-state index is 0.855. The number of fused-ring (bicyclic) bond motifs is 1. The molecule has 0 aliphatic carbocycles. The van der Waals surface area contributed by atoms with Crippen LogP contribution in [0.15, 0.2) is 36.5 Å². The Balaban J connectivity index is 2.01. The van der Waals surface area contributed by atoms with Crippen LogP contribution in [0.1, 0.15) is 23.9 Å². The summed E-state index contributed by atoms with van der Waals surface area (Å²) in [7, 11) is 4.01.